The van der Waals surface area contributed by atoms with Gasteiger partial charge >= 0.3 is 0 Å². The van der Waals surface area contributed by atoms with Crippen LogP contribution in [0.4, 0.5) is 23.4 Å². The van der Waals surface area contributed by atoms with Crippen molar-refractivity contribution >= 4 is 23.4 Å². The van der Waals surface area contributed by atoms with Crippen molar-refractivity contribution in [2.24, 2.45) is 5.92 Å². The lowest BCUT2D eigenvalue weighted by molar-refractivity contribution is 0.208. The van der Waals surface area contributed by atoms with Gasteiger partial charge in [0.1, 0.15) is 11.9 Å². The van der Waals surface area contributed by atoms with E-state index in [1.165, 1.54) is 4.68 Å². The molecular formula is C19H21N9O. The summed E-state index contributed by atoms with van der Waals surface area (Å²) in [4.78, 5) is 14.9. The number of nitrogens with one attached hydrogen (secondary N) is 1. The fourth-order valence-electron chi connectivity index (χ4n) is 3.36. The maximum atomic E-state index is 9.49. The van der Waals surface area contributed by atoms with Gasteiger partial charge in [0, 0.05) is 31.5 Å². The van der Waals surface area contributed by atoms with Crippen LogP contribution in [0.15, 0.2) is 36.4 Å². The summed E-state index contributed by atoms with van der Waals surface area (Å²) in [5.41, 5.74) is 6.88. The lowest BCUT2D eigenvalue weighted by atomic mass is 9.99. The molecule has 1 aromatic carbocycles. The minimum absolute atomic E-state index is 0.0242. The van der Waals surface area contributed by atoms with Gasteiger partial charge in [0.25, 0.3) is 0 Å². The van der Waals surface area contributed by atoms with Gasteiger partial charge in [-0.2, -0.15) is 19.9 Å². The van der Waals surface area contributed by atoms with Gasteiger partial charge in [-0.05, 0) is 30.9 Å². The highest BCUT2D eigenvalue weighted by atomic mass is 16.3. The van der Waals surface area contributed by atoms with E-state index in [2.05, 4.69) is 25.4 Å². The lowest BCUT2D eigenvalue weighted by Crippen LogP contribution is -2.37. The molecule has 2 aromatic heterocycles. The number of hydrogen-bond acceptors (Lipinski definition) is 9. The predicted octanol–water partition coefficient (Wildman–Crippen LogP) is 1.46. The van der Waals surface area contributed by atoms with E-state index in [1.807, 2.05) is 41.3 Å². The van der Waals surface area contributed by atoms with E-state index in [9.17, 15) is 10.4 Å². The Morgan fingerprint density at radius 1 is 1.21 bits per heavy atom. The second kappa shape index (κ2) is 8.12. The third-order valence-corrected chi connectivity index (χ3v) is 4.78. The maximum Gasteiger partial charge on any atom is 0.248 e. The molecule has 148 valence electrons. The van der Waals surface area contributed by atoms with Crippen LogP contribution in [-0.2, 0) is 0 Å². The molecule has 0 radical (unpaired) electrons. The molecule has 1 fully saturated rings. The molecule has 3 heterocycles. The first kappa shape index (κ1) is 18.6. The zero-order chi connectivity index (χ0) is 20.2. The summed E-state index contributed by atoms with van der Waals surface area (Å²) < 4.78 is 1.38. The minimum Gasteiger partial charge on any atom is -0.396 e. The summed E-state index contributed by atoms with van der Waals surface area (Å²) in [5, 5.41) is 26.3. The maximum absolute atomic E-state index is 9.49. The number of nitrogens with two attached hydrogens (primary N) is 1. The lowest BCUT2D eigenvalue weighted by Gasteiger charge is -2.32. The van der Waals surface area contributed by atoms with Crippen LogP contribution >= 0.6 is 0 Å². The highest BCUT2D eigenvalue weighted by molar-refractivity contribution is 5.55. The summed E-state index contributed by atoms with van der Waals surface area (Å²) in [6.45, 7) is 1.60. The number of nitrogen functional groups attached to an aromatic ring is 1. The Morgan fingerprint density at radius 3 is 2.76 bits per heavy atom. The fourth-order valence-corrected chi connectivity index (χ4v) is 3.36. The molecule has 0 amide bonds. The van der Waals surface area contributed by atoms with Crippen LogP contribution in [0.2, 0.25) is 0 Å². The van der Waals surface area contributed by atoms with E-state index in [0.29, 0.717) is 24.1 Å². The standard InChI is InChI=1S/C19H21N9O/c20-10-15-23-16(27-8-4-5-13(11-27)12-29)9-17(24-15)28-18(21)25-19(26-28)22-14-6-2-1-3-7-14/h1-3,6-7,9,13,29H,4-5,8,11-12H2,(H3,21,22,25,26). The molecule has 1 aliphatic rings. The molecule has 1 unspecified atom stereocenters. The molecule has 4 rings (SSSR count). The van der Waals surface area contributed by atoms with Crippen molar-refractivity contribution in [1.82, 2.24) is 24.7 Å². The first-order valence-electron chi connectivity index (χ1n) is 9.36. The third-order valence-electron chi connectivity index (χ3n) is 4.78. The Hall–Kier alpha value is -3.71. The zero-order valence-electron chi connectivity index (χ0n) is 15.7. The summed E-state index contributed by atoms with van der Waals surface area (Å²) in [5.74, 6) is 1.65. The van der Waals surface area contributed by atoms with Gasteiger partial charge < -0.3 is 21.1 Å². The van der Waals surface area contributed by atoms with Crippen LogP contribution in [0.5, 0.6) is 0 Å². The molecule has 1 atom stereocenters. The minimum atomic E-state index is 0.0242. The highest BCUT2D eigenvalue weighted by Crippen LogP contribution is 2.24. The van der Waals surface area contributed by atoms with Crippen molar-refractivity contribution in [1.29, 1.82) is 5.26 Å². The van der Waals surface area contributed by atoms with Crippen molar-refractivity contribution < 1.29 is 5.11 Å². The van der Waals surface area contributed by atoms with E-state index in [-0.39, 0.29) is 24.3 Å². The van der Waals surface area contributed by atoms with Crippen LogP contribution in [0.3, 0.4) is 0 Å². The molecule has 10 nitrogen and oxygen atoms in total. The summed E-state index contributed by atoms with van der Waals surface area (Å²) in [7, 11) is 0. The first-order chi connectivity index (χ1) is 14.2. The van der Waals surface area contributed by atoms with Crippen LogP contribution in [-0.4, -0.2) is 49.5 Å². The van der Waals surface area contributed by atoms with Gasteiger partial charge in [-0.25, -0.2) is 4.98 Å². The van der Waals surface area contributed by atoms with Crippen LogP contribution < -0.4 is 16.0 Å². The van der Waals surface area contributed by atoms with E-state index >= 15 is 0 Å². The number of aliphatic hydroxyl groups is 1. The number of benzene rings is 1. The van der Waals surface area contributed by atoms with E-state index in [1.54, 1.807) is 6.07 Å². The Kier molecular flexibility index (Phi) is 5.22. The van der Waals surface area contributed by atoms with Crippen molar-refractivity contribution in [2.45, 2.75) is 12.8 Å². The topological polar surface area (TPSA) is 142 Å². The zero-order valence-corrected chi connectivity index (χ0v) is 15.7. The van der Waals surface area contributed by atoms with Crippen molar-refractivity contribution in [3.8, 4) is 11.9 Å². The average Bonchev–Trinajstić information content (AvgIpc) is 3.14. The van der Waals surface area contributed by atoms with Gasteiger partial charge in [-0.15, -0.1) is 5.10 Å². The average molecular weight is 391 g/mol. The molecule has 1 aliphatic heterocycles. The van der Waals surface area contributed by atoms with Gasteiger partial charge in [0.05, 0.1) is 0 Å². The quantitative estimate of drug-likeness (QED) is 0.589. The molecule has 4 N–H and O–H groups in total. The number of aromatic nitrogens is 5. The number of anilines is 4. The normalized spacial score (nSPS) is 16.4. The second-order valence-corrected chi connectivity index (χ2v) is 6.85. The fraction of sp³-hybridized carbons (Fsp3) is 0.316. The molecule has 0 aliphatic carbocycles. The number of nitrogens with zero attached hydrogens (tertiary/aromatic N) is 7. The Bertz CT molecular complexity index is 1030. The van der Waals surface area contributed by atoms with Crippen LogP contribution in [0.25, 0.3) is 5.82 Å². The molecule has 29 heavy (non-hydrogen) atoms. The smallest absolute Gasteiger partial charge is 0.248 e. The number of hydrogen-bond donors (Lipinski definition) is 3. The number of para-hydroxylation sites is 1. The van der Waals surface area contributed by atoms with Gasteiger partial charge in [-0.1, -0.05) is 18.2 Å². The Labute approximate surface area is 167 Å². The predicted molar refractivity (Wildman–Crippen MR) is 108 cm³/mol. The van der Waals surface area contributed by atoms with Crippen molar-refractivity contribution in [2.75, 3.05) is 35.6 Å². The molecule has 1 saturated heterocycles. The number of aliphatic hydroxyl groups excluding tert-OH is 1. The van der Waals surface area contributed by atoms with Crippen LogP contribution in [0.1, 0.15) is 18.7 Å². The molecular weight excluding hydrogens is 370 g/mol. The molecule has 10 heteroatoms. The Morgan fingerprint density at radius 2 is 2.00 bits per heavy atom. The van der Waals surface area contributed by atoms with Gasteiger partial charge in [-0.3, -0.25) is 0 Å². The highest BCUT2D eigenvalue weighted by Gasteiger charge is 2.22. The monoisotopic (exact) mass is 391 g/mol. The van der Waals surface area contributed by atoms with Gasteiger partial charge in [0.2, 0.25) is 17.7 Å². The number of rotatable bonds is 5. The largest absolute Gasteiger partial charge is 0.396 e. The van der Waals surface area contributed by atoms with E-state index in [0.717, 1.165) is 25.1 Å². The molecule has 0 bridgehead atoms. The van der Waals surface area contributed by atoms with E-state index in [4.69, 9.17) is 5.73 Å². The summed E-state index contributed by atoms with van der Waals surface area (Å²) >= 11 is 0. The van der Waals surface area contributed by atoms with Crippen molar-refractivity contribution in [3.05, 3.63) is 42.2 Å². The molecule has 3 aromatic rings. The van der Waals surface area contributed by atoms with Crippen LogP contribution in [0, 0.1) is 17.2 Å². The third kappa shape index (κ3) is 4.09. The number of piperidine rings is 1. The first-order valence-corrected chi connectivity index (χ1v) is 9.36. The summed E-state index contributed by atoms with van der Waals surface area (Å²) in [6, 6.07) is 13.2. The summed E-state index contributed by atoms with van der Waals surface area (Å²) in [6.07, 6.45) is 1.92. The number of nitriles is 1. The Balaban J connectivity index is 1.65. The van der Waals surface area contributed by atoms with Crippen molar-refractivity contribution in [3.63, 3.8) is 0 Å². The van der Waals surface area contributed by atoms with Gasteiger partial charge in [0.15, 0.2) is 5.82 Å². The molecule has 0 spiro atoms. The second-order valence-electron chi connectivity index (χ2n) is 6.85. The SMILES string of the molecule is N#Cc1nc(N2CCCC(CO)C2)cc(-n2nc(Nc3ccccc3)nc2N)n1. The van der Waals surface area contributed by atoms with E-state index < -0.39 is 0 Å². The molecule has 0 saturated carbocycles.